The fourth-order valence-corrected chi connectivity index (χ4v) is 0.886. The van der Waals surface area contributed by atoms with E-state index < -0.39 is 17.7 Å². The van der Waals surface area contributed by atoms with Crippen LogP contribution in [0.15, 0.2) is 29.4 Å². The Morgan fingerprint density at radius 3 is 2.00 bits per heavy atom. The van der Waals surface area contributed by atoms with Gasteiger partial charge in [0, 0.05) is 5.56 Å². The summed E-state index contributed by atoms with van der Waals surface area (Å²) in [7, 11) is 0. The minimum atomic E-state index is -4.76. The van der Waals surface area contributed by atoms with Crippen molar-refractivity contribution in [1.29, 1.82) is 0 Å². The molecular weight excluding hydrogens is 202 g/mol. The first kappa shape index (κ1) is 10.5. The van der Waals surface area contributed by atoms with Gasteiger partial charge in [0.2, 0.25) is 0 Å². The van der Waals surface area contributed by atoms with Crippen molar-refractivity contribution in [2.24, 2.45) is 5.16 Å². The Balaban J connectivity index is 3.10. The maximum absolute atomic E-state index is 12.4. The number of benzene rings is 1. The van der Waals surface area contributed by atoms with Crippen LogP contribution in [-0.2, 0) is 0 Å². The van der Waals surface area contributed by atoms with E-state index in [1.165, 1.54) is 0 Å². The zero-order valence-electron chi connectivity index (χ0n) is 6.72. The molecule has 0 saturated heterocycles. The summed E-state index contributed by atoms with van der Waals surface area (Å²) in [5.41, 5.74) is -1.83. The SMILES string of the molecule is O/N=C(/c1ccc(F)cc1)C(F)(F)F. The molecule has 1 rings (SSSR count). The number of halogens is 4. The van der Waals surface area contributed by atoms with E-state index in [9.17, 15) is 17.6 Å². The van der Waals surface area contributed by atoms with Gasteiger partial charge in [-0.2, -0.15) is 13.2 Å². The van der Waals surface area contributed by atoms with Gasteiger partial charge in [-0.3, -0.25) is 0 Å². The maximum Gasteiger partial charge on any atom is 0.437 e. The van der Waals surface area contributed by atoms with Crippen molar-refractivity contribution in [2.45, 2.75) is 6.18 Å². The first-order valence-electron chi connectivity index (χ1n) is 3.50. The molecule has 0 aliphatic heterocycles. The molecule has 0 spiro atoms. The summed E-state index contributed by atoms with van der Waals surface area (Å²) in [6, 6.07) is 3.48. The third-order valence-corrected chi connectivity index (χ3v) is 1.49. The Morgan fingerprint density at radius 1 is 1.14 bits per heavy atom. The van der Waals surface area contributed by atoms with Crippen molar-refractivity contribution in [1.82, 2.24) is 0 Å². The van der Waals surface area contributed by atoms with E-state index in [0.717, 1.165) is 24.3 Å². The molecule has 0 bridgehead atoms. The van der Waals surface area contributed by atoms with Gasteiger partial charge in [0.25, 0.3) is 0 Å². The molecule has 0 fully saturated rings. The number of rotatable bonds is 1. The average molecular weight is 207 g/mol. The molecule has 1 aromatic carbocycles. The lowest BCUT2D eigenvalue weighted by atomic mass is 10.1. The first-order chi connectivity index (χ1) is 6.45. The van der Waals surface area contributed by atoms with Gasteiger partial charge in [-0.05, 0) is 24.3 Å². The van der Waals surface area contributed by atoms with Crippen LogP contribution in [0.2, 0.25) is 0 Å². The molecular formula is C8H5F4NO. The minimum absolute atomic E-state index is 0.388. The van der Waals surface area contributed by atoms with Gasteiger partial charge in [0.15, 0.2) is 5.71 Å². The Kier molecular flexibility index (Phi) is 2.73. The van der Waals surface area contributed by atoms with Crippen LogP contribution in [0, 0.1) is 5.82 Å². The first-order valence-corrected chi connectivity index (χ1v) is 3.50. The number of oxime groups is 1. The highest BCUT2D eigenvalue weighted by molar-refractivity contribution is 6.04. The second-order valence-corrected chi connectivity index (χ2v) is 2.45. The zero-order chi connectivity index (χ0) is 10.8. The number of nitrogens with zero attached hydrogens (tertiary/aromatic N) is 1. The van der Waals surface area contributed by atoms with E-state index in [2.05, 4.69) is 5.16 Å². The summed E-state index contributed by atoms with van der Waals surface area (Å²) in [6.07, 6.45) is -4.76. The summed E-state index contributed by atoms with van der Waals surface area (Å²) >= 11 is 0. The summed E-state index contributed by atoms with van der Waals surface area (Å²) in [4.78, 5) is 0. The van der Waals surface area contributed by atoms with E-state index >= 15 is 0 Å². The number of hydrogen-bond acceptors (Lipinski definition) is 2. The van der Waals surface area contributed by atoms with Gasteiger partial charge >= 0.3 is 6.18 Å². The van der Waals surface area contributed by atoms with Crippen molar-refractivity contribution in [2.75, 3.05) is 0 Å². The van der Waals surface area contributed by atoms with Gasteiger partial charge in [-0.25, -0.2) is 4.39 Å². The van der Waals surface area contributed by atoms with Crippen molar-refractivity contribution >= 4 is 5.71 Å². The van der Waals surface area contributed by atoms with Crippen LogP contribution in [0.25, 0.3) is 0 Å². The van der Waals surface area contributed by atoms with Crippen LogP contribution in [0.1, 0.15) is 5.56 Å². The lowest BCUT2D eigenvalue weighted by Crippen LogP contribution is -2.23. The van der Waals surface area contributed by atoms with E-state index in [-0.39, 0.29) is 5.56 Å². The Bertz CT molecular complexity index is 341. The van der Waals surface area contributed by atoms with Crippen LogP contribution in [0.5, 0.6) is 0 Å². The van der Waals surface area contributed by atoms with Crippen molar-refractivity contribution in [3.8, 4) is 0 Å². The van der Waals surface area contributed by atoms with E-state index in [4.69, 9.17) is 5.21 Å². The van der Waals surface area contributed by atoms with Crippen molar-refractivity contribution < 1.29 is 22.8 Å². The molecule has 76 valence electrons. The van der Waals surface area contributed by atoms with E-state index in [0.29, 0.717) is 0 Å². The molecule has 0 radical (unpaired) electrons. The molecule has 0 atom stereocenters. The largest absolute Gasteiger partial charge is 0.437 e. The van der Waals surface area contributed by atoms with Crippen LogP contribution < -0.4 is 0 Å². The second kappa shape index (κ2) is 3.65. The van der Waals surface area contributed by atoms with Crippen molar-refractivity contribution in [3.05, 3.63) is 35.6 Å². The smallest absolute Gasteiger partial charge is 0.410 e. The normalized spacial score (nSPS) is 13.0. The second-order valence-electron chi connectivity index (χ2n) is 2.45. The molecule has 6 heteroatoms. The van der Waals surface area contributed by atoms with Gasteiger partial charge in [0.1, 0.15) is 5.82 Å². The van der Waals surface area contributed by atoms with Gasteiger partial charge in [0.05, 0.1) is 0 Å². The monoisotopic (exact) mass is 207 g/mol. The van der Waals surface area contributed by atoms with Crippen molar-refractivity contribution in [3.63, 3.8) is 0 Å². The van der Waals surface area contributed by atoms with Gasteiger partial charge < -0.3 is 5.21 Å². The molecule has 1 aromatic rings. The van der Waals surface area contributed by atoms with E-state index in [1.807, 2.05) is 0 Å². The predicted molar refractivity (Wildman–Crippen MR) is 40.8 cm³/mol. The van der Waals surface area contributed by atoms with E-state index in [1.54, 1.807) is 0 Å². The lowest BCUT2D eigenvalue weighted by molar-refractivity contribution is -0.0601. The fraction of sp³-hybridized carbons (Fsp3) is 0.125. The molecule has 0 aromatic heterocycles. The molecule has 0 aliphatic rings. The predicted octanol–water partition coefficient (Wildman–Crippen LogP) is 2.57. The number of alkyl halides is 3. The molecule has 0 unspecified atom stereocenters. The quantitative estimate of drug-likeness (QED) is 0.326. The summed E-state index contributed by atoms with van der Waals surface area (Å²) in [5.74, 6) is -0.659. The molecule has 0 saturated carbocycles. The minimum Gasteiger partial charge on any atom is -0.410 e. The molecule has 0 heterocycles. The Labute approximate surface area is 76.5 Å². The Morgan fingerprint density at radius 2 is 1.64 bits per heavy atom. The zero-order valence-corrected chi connectivity index (χ0v) is 6.72. The topological polar surface area (TPSA) is 32.6 Å². The van der Waals surface area contributed by atoms with Gasteiger partial charge in [-0.15, -0.1) is 0 Å². The fourth-order valence-electron chi connectivity index (χ4n) is 0.886. The summed E-state index contributed by atoms with van der Waals surface area (Å²) in [5, 5.41) is 10.3. The molecule has 0 aliphatic carbocycles. The lowest BCUT2D eigenvalue weighted by Gasteiger charge is -2.07. The maximum atomic E-state index is 12.4. The molecule has 14 heavy (non-hydrogen) atoms. The van der Waals surface area contributed by atoms with Crippen LogP contribution in [-0.4, -0.2) is 17.1 Å². The standard InChI is InChI=1S/C8H5F4NO/c9-6-3-1-5(2-4-6)7(13-14)8(10,11)12/h1-4,14H/b13-7-. The van der Waals surface area contributed by atoms with Crippen LogP contribution >= 0.6 is 0 Å². The third-order valence-electron chi connectivity index (χ3n) is 1.49. The summed E-state index contributed by atoms with van der Waals surface area (Å²) < 4.78 is 48.7. The molecule has 2 nitrogen and oxygen atoms in total. The third kappa shape index (κ3) is 2.21. The van der Waals surface area contributed by atoms with Crippen LogP contribution in [0.4, 0.5) is 17.6 Å². The van der Waals surface area contributed by atoms with Gasteiger partial charge in [-0.1, -0.05) is 5.16 Å². The van der Waals surface area contributed by atoms with Crippen LogP contribution in [0.3, 0.4) is 0 Å². The highest BCUT2D eigenvalue weighted by atomic mass is 19.4. The average Bonchev–Trinajstić information content (AvgIpc) is 2.07. The Hall–Kier alpha value is -1.59. The summed E-state index contributed by atoms with van der Waals surface area (Å²) in [6.45, 7) is 0. The highest BCUT2D eigenvalue weighted by Gasteiger charge is 2.37. The molecule has 1 N–H and O–H groups in total. The highest BCUT2D eigenvalue weighted by Crippen LogP contribution is 2.22. The number of hydrogen-bond donors (Lipinski definition) is 1. The molecule has 0 amide bonds.